The van der Waals surface area contributed by atoms with Crippen molar-refractivity contribution >= 4 is 5.96 Å². The molecule has 0 saturated heterocycles. The van der Waals surface area contributed by atoms with Gasteiger partial charge in [-0.1, -0.05) is 30.3 Å². The highest BCUT2D eigenvalue weighted by atomic mass is 19.4. The van der Waals surface area contributed by atoms with Crippen LogP contribution in [-0.2, 0) is 6.42 Å². The van der Waals surface area contributed by atoms with E-state index in [0.717, 1.165) is 5.56 Å². The molecule has 0 fully saturated rings. The molecule has 0 spiro atoms. The van der Waals surface area contributed by atoms with E-state index in [0.29, 0.717) is 13.0 Å². The van der Waals surface area contributed by atoms with E-state index in [1.165, 1.54) is 0 Å². The maximum atomic E-state index is 12.1. The predicted octanol–water partition coefficient (Wildman–Crippen LogP) is 2.10. The van der Waals surface area contributed by atoms with Crippen LogP contribution in [0.5, 0.6) is 0 Å². The molecule has 0 saturated carbocycles. The Morgan fingerprint density at radius 1 is 1.23 bits per heavy atom. The molecule has 1 aromatic rings. The number of aliphatic hydroxyl groups excluding tert-OH is 1. The number of aliphatic imine (C=N–C) groups is 1. The number of hydrogen-bond acceptors (Lipinski definition) is 2. The molecule has 124 valence electrons. The Labute approximate surface area is 128 Å². The monoisotopic (exact) mass is 317 g/mol. The molecule has 0 aromatic heterocycles. The average Bonchev–Trinajstić information content (AvgIpc) is 2.44. The first-order valence-corrected chi connectivity index (χ1v) is 7.21. The fraction of sp³-hybridized carbons (Fsp3) is 0.533. The van der Waals surface area contributed by atoms with Gasteiger partial charge in [-0.2, -0.15) is 13.2 Å². The van der Waals surface area contributed by atoms with Crippen LogP contribution in [0.1, 0.15) is 18.9 Å². The van der Waals surface area contributed by atoms with Crippen molar-refractivity contribution in [2.24, 2.45) is 4.99 Å². The molecule has 1 aromatic carbocycles. The number of aliphatic hydroxyl groups is 1. The summed E-state index contributed by atoms with van der Waals surface area (Å²) in [6, 6.07) is 9.46. The van der Waals surface area contributed by atoms with Gasteiger partial charge in [0.25, 0.3) is 0 Å². The molecular formula is C15H22F3N3O. The van der Waals surface area contributed by atoms with Crippen molar-refractivity contribution in [3.05, 3.63) is 35.9 Å². The van der Waals surface area contributed by atoms with Gasteiger partial charge in [0.05, 0.1) is 19.1 Å². The zero-order chi connectivity index (χ0) is 16.4. The number of nitrogens with one attached hydrogen (secondary N) is 2. The molecule has 0 amide bonds. The molecule has 0 aliphatic rings. The largest absolute Gasteiger partial charge is 0.391 e. The van der Waals surface area contributed by atoms with Crippen molar-refractivity contribution in [2.75, 3.05) is 19.6 Å². The minimum absolute atomic E-state index is 0.121. The van der Waals surface area contributed by atoms with Gasteiger partial charge >= 0.3 is 6.18 Å². The fourth-order valence-corrected chi connectivity index (χ4v) is 1.81. The molecule has 0 aliphatic carbocycles. The van der Waals surface area contributed by atoms with Crippen molar-refractivity contribution < 1.29 is 18.3 Å². The van der Waals surface area contributed by atoms with E-state index in [1.54, 1.807) is 0 Å². The van der Waals surface area contributed by atoms with Crippen LogP contribution in [0.2, 0.25) is 0 Å². The first-order valence-electron chi connectivity index (χ1n) is 7.21. The lowest BCUT2D eigenvalue weighted by molar-refractivity contribution is -0.132. The van der Waals surface area contributed by atoms with Crippen LogP contribution < -0.4 is 10.6 Å². The van der Waals surface area contributed by atoms with E-state index < -0.39 is 18.7 Å². The summed E-state index contributed by atoms with van der Waals surface area (Å²) in [5.74, 6) is 0.277. The summed E-state index contributed by atoms with van der Waals surface area (Å²) in [7, 11) is 0. The summed E-state index contributed by atoms with van der Waals surface area (Å²) in [6.07, 6.45) is -5.35. The highest BCUT2D eigenvalue weighted by Crippen LogP contribution is 2.18. The number of alkyl halides is 3. The lowest BCUT2D eigenvalue weighted by Gasteiger charge is -2.14. The SMILES string of the molecule is CCNC(=NCC(O)Cc1ccccc1)NCCC(F)(F)F. The Hall–Kier alpha value is -1.76. The average molecular weight is 317 g/mol. The molecule has 0 radical (unpaired) electrons. The van der Waals surface area contributed by atoms with Gasteiger partial charge in [0.15, 0.2) is 5.96 Å². The molecule has 1 atom stereocenters. The van der Waals surface area contributed by atoms with E-state index in [-0.39, 0.29) is 19.0 Å². The topological polar surface area (TPSA) is 56.7 Å². The Morgan fingerprint density at radius 2 is 1.91 bits per heavy atom. The molecule has 0 bridgehead atoms. The molecule has 7 heteroatoms. The molecule has 0 heterocycles. The van der Waals surface area contributed by atoms with Gasteiger partial charge in [-0.25, -0.2) is 0 Å². The summed E-state index contributed by atoms with van der Waals surface area (Å²) in [4.78, 5) is 4.11. The third-order valence-corrected chi connectivity index (χ3v) is 2.82. The molecule has 1 unspecified atom stereocenters. The second-order valence-corrected chi connectivity index (χ2v) is 4.86. The van der Waals surface area contributed by atoms with Crippen LogP contribution in [0.15, 0.2) is 35.3 Å². The first kappa shape index (κ1) is 18.3. The number of hydrogen-bond donors (Lipinski definition) is 3. The number of nitrogens with zero attached hydrogens (tertiary/aromatic N) is 1. The van der Waals surface area contributed by atoms with Crippen LogP contribution in [0, 0.1) is 0 Å². The second-order valence-electron chi connectivity index (χ2n) is 4.86. The van der Waals surface area contributed by atoms with E-state index in [4.69, 9.17) is 0 Å². The minimum atomic E-state index is -4.20. The van der Waals surface area contributed by atoms with Crippen LogP contribution >= 0.6 is 0 Å². The van der Waals surface area contributed by atoms with E-state index in [9.17, 15) is 18.3 Å². The van der Waals surface area contributed by atoms with E-state index >= 15 is 0 Å². The van der Waals surface area contributed by atoms with Crippen molar-refractivity contribution in [1.82, 2.24) is 10.6 Å². The van der Waals surface area contributed by atoms with Crippen molar-refractivity contribution in [3.63, 3.8) is 0 Å². The highest BCUT2D eigenvalue weighted by Gasteiger charge is 2.26. The van der Waals surface area contributed by atoms with Crippen LogP contribution in [0.4, 0.5) is 13.2 Å². The lowest BCUT2D eigenvalue weighted by atomic mass is 10.1. The van der Waals surface area contributed by atoms with Gasteiger partial charge in [0, 0.05) is 19.5 Å². The second kappa shape index (κ2) is 9.30. The zero-order valence-electron chi connectivity index (χ0n) is 12.5. The number of benzene rings is 1. The maximum absolute atomic E-state index is 12.1. The quantitative estimate of drug-likeness (QED) is 0.533. The fourth-order valence-electron chi connectivity index (χ4n) is 1.81. The van der Waals surface area contributed by atoms with Crippen LogP contribution in [0.25, 0.3) is 0 Å². The Kier molecular flexibility index (Phi) is 7.73. The Morgan fingerprint density at radius 3 is 2.50 bits per heavy atom. The van der Waals surface area contributed by atoms with Gasteiger partial charge in [-0.3, -0.25) is 4.99 Å². The molecule has 3 N–H and O–H groups in total. The molecule has 4 nitrogen and oxygen atoms in total. The predicted molar refractivity (Wildman–Crippen MR) is 80.8 cm³/mol. The van der Waals surface area contributed by atoms with E-state index in [1.807, 2.05) is 37.3 Å². The Bertz CT molecular complexity index is 449. The summed E-state index contributed by atoms with van der Waals surface area (Å²) in [5.41, 5.74) is 0.986. The van der Waals surface area contributed by atoms with Crippen LogP contribution in [-0.4, -0.2) is 43.0 Å². The summed E-state index contributed by atoms with van der Waals surface area (Å²) < 4.78 is 36.3. The van der Waals surface area contributed by atoms with Gasteiger partial charge in [0.1, 0.15) is 0 Å². The Balaban J connectivity index is 2.43. The van der Waals surface area contributed by atoms with E-state index in [2.05, 4.69) is 15.6 Å². The standard InChI is InChI=1S/C15H22F3N3O/c1-2-19-14(20-9-8-15(16,17)18)21-11-13(22)10-12-6-4-3-5-7-12/h3-7,13,22H,2,8-11H2,1H3,(H2,19,20,21). The minimum Gasteiger partial charge on any atom is -0.391 e. The number of guanidine groups is 1. The molecule has 0 aliphatic heterocycles. The van der Waals surface area contributed by atoms with Crippen molar-refractivity contribution in [1.29, 1.82) is 0 Å². The van der Waals surface area contributed by atoms with Gasteiger partial charge in [-0.05, 0) is 12.5 Å². The third-order valence-electron chi connectivity index (χ3n) is 2.82. The van der Waals surface area contributed by atoms with Crippen LogP contribution in [0.3, 0.4) is 0 Å². The third kappa shape index (κ3) is 8.51. The first-order chi connectivity index (χ1) is 10.4. The summed E-state index contributed by atoms with van der Waals surface area (Å²) in [6.45, 7) is 2.23. The normalized spacial score (nSPS) is 13.8. The smallest absolute Gasteiger partial charge is 0.390 e. The molecule has 22 heavy (non-hydrogen) atoms. The summed E-state index contributed by atoms with van der Waals surface area (Å²) in [5, 5.41) is 15.4. The van der Waals surface area contributed by atoms with Gasteiger partial charge < -0.3 is 15.7 Å². The maximum Gasteiger partial charge on any atom is 0.390 e. The molecule has 1 rings (SSSR count). The highest BCUT2D eigenvalue weighted by molar-refractivity contribution is 5.79. The summed E-state index contributed by atoms with van der Waals surface area (Å²) >= 11 is 0. The zero-order valence-corrected chi connectivity index (χ0v) is 12.5. The number of rotatable bonds is 7. The molecular weight excluding hydrogens is 295 g/mol. The van der Waals surface area contributed by atoms with Crippen molar-refractivity contribution in [3.8, 4) is 0 Å². The lowest BCUT2D eigenvalue weighted by Crippen LogP contribution is -2.39. The number of halogens is 3. The van der Waals surface area contributed by atoms with Gasteiger partial charge in [-0.15, -0.1) is 0 Å². The van der Waals surface area contributed by atoms with Crippen molar-refractivity contribution in [2.45, 2.75) is 32.0 Å². The van der Waals surface area contributed by atoms with Gasteiger partial charge in [0.2, 0.25) is 0 Å².